The Kier molecular flexibility index (Phi) is 2.74. The molecule has 1 aliphatic rings. The van der Waals surface area contributed by atoms with Crippen molar-refractivity contribution in [2.75, 3.05) is 0 Å². The fourth-order valence-corrected chi connectivity index (χ4v) is 2.20. The molecule has 18 heavy (non-hydrogen) atoms. The summed E-state index contributed by atoms with van der Waals surface area (Å²) in [5.41, 5.74) is 0.560. The molecule has 0 spiro atoms. The molecular weight excluding hydrogens is 255 g/mol. The highest BCUT2D eigenvalue weighted by Crippen LogP contribution is 2.33. The summed E-state index contributed by atoms with van der Waals surface area (Å²) in [6.45, 7) is 0.301. The Balaban J connectivity index is 1.92. The van der Waals surface area contributed by atoms with E-state index in [0.717, 1.165) is 12.8 Å². The highest BCUT2D eigenvalue weighted by molar-refractivity contribution is 6.31. The number of rotatable bonds is 3. The molecule has 1 heterocycles. The third-order valence-electron chi connectivity index (χ3n) is 3.16. The lowest BCUT2D eigenvalue weighted by Crippen LogP contribution is -2.23. The molecule has 1 aromatic heterocycles. The summed E-state index contributed by atoms with van der Waals surface area (Å²) in [5, 5.41) is 0.475. The number of aromatic nitrogens is 2. The average molecular weight is 267 g/mol. The van der Waals surface area contributed by atoms with Crippen molar-refractivity contribution in [2.45, 2.75) is 25.4 Å². The molecule has 1 saturated carbocycles. The quantitative estimate of drug-likeness (QED) is 0.839. The molecule has 0 bridgehead atoms. The minimum atomic E-state index is -0.343. The zero-order valence-corrected chi connectivity index (χ0v) is 10.4. The third kappa shape index (κ3) is 2.08. The van der Waals surface area contributed by atoms with Crippen molar-refractivity contribution in [1.82, 2.24) is 9.13 Å². The monoisotopic (exact) mass is 266 g/mol. The predicted octanol–water partition coefficient (Wildman–Crippen LogP) is 2.83. The first-order valence-corrected chi connectivity index (χ1v) is 6.24. The first-order valence-electron chi connectivity index (χ1n) is 5.86. The van der Waals surface area contributed by atoms with Crippen LogP contribution in [0.5, 0.6) is 0 Å². The van der Waals surface area contributed by atoms with E-state index in [1.165, 1.54) is 18.2 Å². The molecule has 0 saturated heterocycles. The van der Waals surface area contributed by atoms with Crippen LogP contribution in [0.2, 0.25) is 5.02 Å². The Hall–Kier alpha value is -1.55. The minimum Gasteiger partial charge on any atom is -0.296 e. The standard InChI is InChI=1S/C13H12ClFN2O/c14-12-4-1-10(15)7-9(12)8-16-5-6-17(13(16)18)11-2-3-11/h1,4-7,11H,2-3,8H2. The molecule has 1 aliphatic carbocycles. The Morgan fingerprint density at radius 3 is 2.83 bits per heavy atom. The van der Waals surface area contributed by atoms with Crippen LogP contribution >= 0.6 is 11.6 Å². The lowest BCUT2D eigenvalue weighted by atomic mass is 10.2. The van der Waals surface area contributed by atoms with E-state index >= 15 is 0 Å². The highest BCUT2D eigenvalue weighted by Gasteiger charge is 2.25. The summed E-state index contributed by atoms with van der Waals surface area (Å²) in [6.07, 6.45) is 5.63. The van der Waals surface area contributed by atoms with Gasteiger partial charge in [-0.1, -0.05) is 11.6 Å². The van der Waals surface area contributed by atoms with Crippen LogP contribution in [0.1, 0.15) is 24.4 Å². The summed E-state index contributed by atoms with van der Waals surface area (Å²) in [5.74, 6) is -0.343. The maximum Gasteiger partial charge on any atom is 0.328 e. The van der Waals surface area contributed by atoms with E-state index in [0.29, 0.717) is 23.2 Å². The molecule has 94 valence electrons. The van der Waals surface area contributed by atoms with E-state index in [9.17, 15) is 9.18 Å². The molecule has 0 unspecified atom stereocenters. The number of hydrogen-bond acceptors (Lipinski definition) is 1. The number of benzene rings is 1. The molecule has 3 rings (SSSR count). The Morgan fingerprint density at radius 1 is 1.33 bits per heavy atom. The van der Waals surface area contributed by atoms with Gasteiger partial charge in [0, 0.05) is 23.5 Å². The molecule has 5 heteroatoms. The zero-order chi connectivity index (χ0) is 12.7. The van der Waals surface area contributed by atoms with Crippen molar-refractivity contribution < 1.29 is 4.39 Å². The fourth-order valence-electron chi connectivity index (χ4n) is 2.03. The van der Waals surface area contributed by atoms with Crippen LogP contribution in [-0.4, -0.2) is 9.13 Å². The van der Waals surface area contributed by atoms with Crippen LogP contribution in [0.25, 0.3) is 0 Å². The maximum atomic E-state index is 13.1. The summed E-state index contributed by atoms with van der Waals surface area (Å²) in [7, 11) is 0. The van der Waals surface area contributed by atoms with Crippen LogP contribution in [0.15, 0.2) is 35.4 Å². The number of halogens is 2. The molecule has 0 amide bonds. The second-order valence-electron chi connectivity index (χ2n) is 4.58. The summed E-state index contributed by atoms with van der Waals surface area (Å²) < 4.78 is 16.4. The van der Waals surface area contributed by atoms with Gasteiger partial charge in [-0.05, 0) is 36.6 Å². The van der Waals surface area contributed by atoms with E-state index in [-0.39, 0.29) is 11.5 Å². The largest absolute Gasteiger partial charge is 0.328 e. The van der Waals surface area contributed by atoms with Crippen molar-refractivity contribution in [3.05, 3.63) is 57.5 Å². The fraction of sp³-hybridized carbons (Fsp3) is 0.308. The first-order chi connectivity index (χ1) is 8.65. The van der Waals surface area contributed by atoms with Crippen LogP contribution in [-0.2, 0) is 6.54 Å². The molecule has 1 aromatic carbocycles. The maximum absolute atomic E-state index is 13.1. The molecular formula is C13H12ClFN2O. The van der Waals surface area contributed by atoms with Crippen LogP contribution in [0.3, 0.4) is 0 Å². The van der Waals surface area contributed by atoms with Gasteiger partial charge < -0.3 is 0 Å². The van der Waals surface area contributed by atoms with Gasteiger partial charge in [-0.25, -0.2) is 9.18 Å². The van der Waals surface area contributed by atoms with Gasteiger partial charge in [0.25, 0.3) is 0 Å². The summed E-state index contributed by atoms with van der Waals surface area (Å²) in [4.78, 5) is 12.0. The van der Waals surface area contributed by atoms with E-state index in [4.69, 9.17) is 11.6 Å². The molecule has 0 radical (unpaired) electrons. The van der Waals surface area contributed by atoms with Crippen molar-refractivity contribution in [1.29, 1.82) is 0 Å². The normalized spacial score (nSPS) is 15.0. The Bertz CT molecular complexity index is 643. The van der Waals surface area contributed by atoms with Gasteiger partial charge in [0.2, 0.25) is 0 Å². The van der Waals surface area contributed by atoms with E-state index in [2.05, 4.69) is 0 Å². The molecule has 1 fully saturated rings. The van der Waals surface area contributed by atoms with Crippen LogP contribution in [0, 0.1) is 5.82 Å². The summed E-state index contributed by atoms with van der Waals surface area (Å²) in [6, 6.07) is 4.53. The lowest BCUT2D eigenvalue weighted by Gasteiger charge is -2.05. The molecule has 3 nitrogen and oxygen atoms in total. The average Bonchev–Trinajstić information content (AvgIpc) is 3.11. The van der Waals surface area contributed by atoms with Gasteiger partial charge >= 0.3 is 5.69 Å². The van der Waals surface area contributed by atoms with Gasteiger partial charge in [0.15, 0.2) is 0 Å². The van der Waals surface area contributed by atoms with Crippen molar-refractivity contribution >= 4 is 11.6 Å². The number of imidazole rings is 1. The Labute approximate surface area is 108 Å². The van der Waals surface area contributed by atoms with Crippen LogP contribution in [0.4, 0.5) is 4.39 Å². The first kappa shape index (κ1) is 11.5. The third-order valence-corrected chi connectivity index (χ3v) is 3.53. The summed E-state index contributed by atoms with van der Waals surface area (Å²) >= 11 is 5.99. The molecule has 0 N–H and O–H groups in total. The van der Waals surface area contributed by atoms with Crippen molar-refractivity contribution in [3.63, 3.8) is 0 Å². The second kappa shape index (κ2) is 4.28. The topological polar surface area (TPSA) is 26.9 Å². The smallest absolute Gasteiger partial charge is 0.296 e. The number of nitrogens with zero attached hydrogens (tertiary/aromatic N) is 2. The minimum absolute atomic E-state index is 0.0576. The second-order valence-corrected chi connectivity index (χ2v) is 4.99. The van der Waals surface area contributed by atoms with Gasteiger partial charge in [-0.2, -0.15) is 0 Å². The van der Waals surface area contributed by atoms with E-state index < -0.39 is 0 Å². The zero-order valence-electron chi connectivity index (χ0n) is 9.64. The van der Waals surface area contributed by atoms with Gasteiger partial charge in [-0.3, -0.25) is 9.13 Å². The van der Waals surface area contributed by atoms with Crippen molar-refractivity contribution in [2.24, 2.45) is 0 Å². The SMILES string of the molecule is O=c1n(Cc2cc(F)ccc2Cl)ccn1C1CC1. The van der Waals surface area contributed by atoms with Crippen LogP contribution < -0.4 is 5.69 Å². The Morgan fingerprint density at radius 2 is 2.11 bits per heavy atom. The lowest BCUT2D eigenvalue weighted by molar-refractivity contribution is 0.619. The van der Waals surface area contributed by atoms with Gasteiger partial charge in [-0.15, -0.1) is 0 Å². The molecule has 0 atom stereocenters. The predicted molar refractivity (Wildman–Crippen MR) is 67.5 cm³/mol. The van der Waals surface area contributed by atoms with Crippen molar-refractivity contribution in [3.8, 4) is 0 Å². The number of hydrogen-bond donors (Lipinski definition) is 0. The van der Waals surface area contributed by atoms with E-state index in [1.807, 2.05) is 0 Å². The van der Waals surface area contributed by atoms with E-state index in [1.54, 1.807) is 21.5 Å². The van der Waals surface area contributed by atoms with Gasteiger partial charge in [0.1, 0.15) is 5.82 Å². The molecule has 0 aliphatic heterocycles. The molecule has 2 aromatic rings. The van der Waals surface area contributed by atoms with Gasteiger partial charge in [0.05, 0.1) is 6.54 Å². The highest BCUT2D eigenvalue weighted by atomic mass is 35.5.